The van der Waals surface area contributed by atoms with E-state index in [9.17, 15) is 14.4 Å². The smallest absolute Gasteiger partial charge is 0.305 e. The van der Waals surface area contributed by atoms with E-state index in [2.05, 4.69) is 62.4 Å². The number of methoxy groups -OCH3 is 1. The number of allylic oxidation sites excluding steroid dienone is 1. The van der Waals surface area contributed by atoms with Gasteiger partial charge in [-0.2, -0.15) is 0 Å². The maximum atomic E-state index is 14.5. The van der Waals surface area contributed by atoms with Crippen LogP contribution in [0.15, 0.2) is 12.2 Å². The first-order valence-corrected chi connectivity index (χ1v) is 22.0. The lowest BCUT2D eigenvalue weighted by atomic mass is 9.32. The van der Waals surface area contributed by atoms with Gasteiger partial charge in [0.1, 0.15) is 6.10 Å². The van der Waals surface area contributed by atoms with E-state index < -0.39 is 0 Å². The van der Waals surface area contributed by atoms with Crippen molar-refractivity contribution in [2.75, 3.05) is 19.0 Å². The summed E-state index contributed by atoms with van der Waals surface area (Å²) in [7, 11) is 1.46. The second kappa shape index (κ2) is 16.2. The number of carbonyl (C=O) groups excluding carboxylic acids is 3. The number of rotatable bonds is 15. The first kappa shape index (κ1) is 40.8. The highest BCUT2D eigenvalue weighted by atomic mass is 79.9. The fraction of sp³-hybridized carbons (Fsp3) is 0.886. The van der Waals surface area contributed by atoms with Crippen LogP contribution in [0.2, 0.25) is 0 Å². The zero-order chi connectivity index (χ0) is 37.2. The average Bonchev–Trinajstić information content (AvgIpc) is 3.49. The summed E-state index contributed by atoms with van der Waals surface area (Å²) >= 11 is 3.79. The van der Waals surface area contributed by atoms with E-state index in [1.807, 2.05) is 0 Å². The van der Waals surface area contributed by atoms with E-state index >= 15 is 0 Å². The number of hydrogen-bond donors (Lipinski definition) is 1. The standard InChI is InChI=1S/C44H72BrNO5/c1-30(29-45)32-20-25-44(39(49)46-28-16-14-12-10-9-11-13-15-17-37(48)50-8)27-26-42(6)33(38(32)44)18-19-35-41(5)23-22-36(51-31(2)47)40(3,4)34(41)21-24-43(35,42)7/h32-36,38H,1,9-29H2,2-8H3,(H,46,49)/t32-,33+,34-,35+,36-,38+,41-,42+,43+,44-/m0/s1. The molecule has 51 heavy (non-hydrogen) atoms. The van der Waals surface area contributed by atoms with Gasteiger partial charge in [0.15, 0.2) is 0 Å². The van der Waals surface area contributed by atoms with Crippen LogP contribution < -0.4 is 5.32 Å². The third kappa shape index (κ3) is 7.39. The Kier molecular flexibility index (Phi) is 12.9. The summed E-state index contributed by atoms with van der Waals surface area (Å²) in [6.07, 6.45) is 20.7. The molecule has 0 aromatic heterocycles. The van der Waals surface area contributed by atoms with Gasteiger partial charge in [0.2, 0.25) is 5.91 Å². The van der Waals surface area contributed by atoms with E-state index in [1.54, 1.807) is 6.92 Å². The summed E-state index contributed by atoms with van der Waals surface area (Å²) < 4.78 is 10.7. The number of alkyl halides is 1. The van der Waals surface area contributed by atoms with Gasteiger partial charge in [-0.3, -0.25) is 14.4 Å². The van der Waals surface area contributed by atoms with Gasteiger partial charge in [-0.1, -0.05) is 101 Å². The molecule has 0 bridgehead atoms. The SMILES string of the molecule is C=C(CBr)[C@@H]1CC[C@]2(C(=O)NCCCCCCCCCCC(=O)OC)CC[C@]3(C)[C@H](CC[C@@H]4[C@@]5(C)CC[C@H](OC(C)=O)C(C)(C)[C@@H]5CC[C@]43C)[C@@H]12. The molecule has 5 aliphatic carbocycles. The van der Waals surface area contributed by atoms with Crippen molar-refractivity contribution in [3.8, 4) is 0 Å². The van der Waals surface area contributed by atoms with Crippen molar-refractivity contribution >= 4 is 33.8 Å². The molecular formula is C44H72BrNO5. The van der Waals surface area contributed by atoms with Crippen molar-refractivity contribution in [1.82, 2.24) is 5.32 Å². The number of hydrogen-bond acceptors (Lipinski definition) is 5. The Labute approximate surface area is 319 Å². The number of unbranched alkanes of at least 4 members (excludes halogenated alkanes) is 7. The highest BCUT2D eigenvalue weighted by Gasteiger charge is 2.72. The number of esters is 2. The normalized spacial score (nSPS) is 39.5. The molecule has 0 aromatic rings. The van der Waals surface area contributed by atoms with E-state index in [0.29, 0.717) is 41.9 Å². The van der Waals surface area contributed by atoms with E-state index in [4.69, 9.17) is 9.47 Å². The first-order chi connectivity index (χ1) is 24.1. The maximum absolute atomic E-state index is 14.5. The van der Waals surface area contributed by atoms with Gasteiger partial charge >= 0.3 is 11.9 Å². The largest absolute Gasteiger partial charge is 0.469 e. The van der Waals surface area contributed by atoms with Crippen LogP contribution in [0.5, 0.6) is 0 Å². The number of ether oxygens (including phenoxy) is 2. The van der Waals surface area contributed by atoms with Gasteiger partial charge in [-0.15, -0.1) is 0 Å². The van der Waals surface area contributed by atoms with Crippen LogP contribution in [-0.4, -0.2) is 42.9 Å². The van der Waals surface area contributed by atoms with Gasteiger partial charge in [0, 0.05) is 30.6 Å². The molecule has 5 aliphatic rings. The highest BCUT2D eigenvalue weighted by Crippen LogP contribution is 2.77. The molecule has 7 heteroatoms. The van der Waals surface area contributed by atoms with Crippen LogP contribution in [-0.2, 0) is 23.9 Å². The summed E-state index contributed by atoms with van der Waals surface area (Å²) in [6, 6.07) is 0. The molecule has 290 valence electrons. The molecule has 5 fully saturated rings. The van der Waals surface area contributed by atoms with E-state index in [0.717, 1.165) is 76.1 Å². The molecule has 0 radical (unpaired) electrons. The topological polar surface area (TPSA) is 81.7 Å². The Balaban J connectivity index is 1.25. The number of carbonyl (C=O) groups is 3. The van der Waals surface area contributed by atoms with Crippen molar-refractivity contribution < 1.29 is 23.9 Å². The van der Waals surface area contributed by atoms with Crippen molar-refractivity contribution in [2.45, 2.75) is 170 Å². The Morgan fingerprint density at radius 1 is 0.765 bits per heavy atom. The number of halogens is 1. The summed E-state index contributed by atoms with van der Waals surface area (Å²) in [5.41, 5.74) is 1.61. The predicted molar refractivity (Wildman–Crippen MR) is 209 cm³/mol. The van der Waals surface area contributed by atoms with Gasteiger partial charge in [0.25, 0.3) is 0 Å². The van der Waals surface area contributed by atoms with Crippen molar-refractivity contribution in [3.63, 3.8) is 0 Å². The van der Waals surface area contributed by atoms with E-state index in [1.165, 1.54) is 64.0 Å². The van der Waals surface area contributed by atoms with Crippen LogP contribution in [0.4, 0.5) is 0 Å². The van der Waals surface area contributed by atoms with Crippen LogP contribution in [0.1, 0.15) is 164 Å². The summed E-state index contributed by atoms with van der Waals surface area (Å²) in [4.78, 5) is 37.9. The second-order valence-electron chi connectivity index (χ2n) is 19.2. The average molecular weight is 775 g/mol. The molecule has 0 aromatic carbocycles. The minimum atomic E-state index is -0.279. The Morgan fingerprint density at radius 3 is 2.08 bits per heavy atom. The van der Waals surface area contributed by atoms with Crippen molar-refractivity contribution in [3.05, 3.63) is 12.2 Å². The van der Waals surface area contributed by atoms with Crippen molar-refractivity contribution in [2.24, 2.45) is 56.7 Å². The minimum Gasteiger partial charge on any atom is -0.469 e. The molecular weight excluding hydrogens is 702 g/mol. The molecule has 0 aliphatic heterocycles. The third-order valence-corrected chi connectivity index (χ3v) is 17.4. The molecule has 5 saturated carbocycles. The van der Waals surface area contributed by atoms with Crippen LogP contribution in [0.25, 0.3) is 0 Å². The number of fused-ring (bicyclic) bond motifs is 7. The molecule has 6 nitrogen and oxygen atoms in total. The lowest BCUT2D eigenvalue weighted by Crippen LogP contribution is -2.67. The molecule has 0 heterocycles. The highest BCUT2D eigenvalue weighted by molar-refractivity contribution is 9.09. The minimum absolute atomic E-state index is 0.00284. The molecule has 0 unspecified atom stereocenters. The molecule has 0 spiro atoms. The maximum Gasteiger partial charge on any atom is 0.305 e. The molecule has 5 rings (SSSR count). The van der Waals surface area contributed by atoms with Crippen LogP contribution in [0.3, 0.4) is 0 Å². The summed E-state index contributed by atoms with van der Waals surface area (Å²) in [5, 5.41) is 4.33. The quantitative estimate of drug-likeness (QED) is 0.0775. The first-order valence-electron chi connectivity index (χ1n) is 20.9. The monoisotopic (exact) mass is 773 g/mol. The fourth-order valence-corrected chi connectivity index (χ4v) is 14.3. The van der Waals surface area contributed by atoms with Crippen molar-refractivity contribution in [1.29, 1.82) is 0 Å². The Hall–Kier alpha value is -1.37. The molecule has 1 N–H and O–H groups in total. The number of nitrogens with one attached hydrogen (secondary N) is 1. The summed E-state index contributed by atoms with van der Waals surface area (Å²) in [6.45, 7) is 19.6. The number of amides is 1. The lowest BCUT2D eigenvalue weighted by molar-refractivity contribution is -0.248. The fourth-order valence-electron chi connectivity index (χ4n) is 13.9. The molecule has 0 saturated heterocycles. The molecule has 10 atom stereocenters. The van der Waals surface area contributed by atoms with Gasteiger partial charge in [-0.25, -0.2) is 0 Å². The molecule has 1 amide bonds. The van der Waals surface area contributed by atoms with Gasteiger partial charge in [-0.05, 0) is 123 Å². The predicted octanol–water partition coefficient (Wildman–Crippen LogP) is 10.8. The lowest BCUT2D eigenvalue weighted by Gasteiger charge is -2.72. The Bertz CT molecular complexity index is 1280. The van der Waals surface area contributed by atoms with Gasteiger partial charge in [0.05, 0.1) is 12.5 Å². The third-order valence-electron chi connectivity index (χ3n) is 16.7. The van der Waals surface area contributed by atoms with Gasteiger partial charge < -0.3 is 14.8 Å². The van der Waals surface area contributed by atoms with Crippen LogP contribution in [0, 0.1) is 56.7 Å². The van der Waals surface area contributed by atoms with E-state index in [-0.39, 0.29) is 45.1 Å². The second-order valence-corrected chi connectivity index (χ2v) is 19.7. The van der Waals surface area contributed by atoms with Crippen LogP contribution >= 0.6 is 15.9 Å². The Morgan fingerprint density at radius 2 is 1.43 bits per heavy atom. The zero-order valence-corrected chi connectivity index (χ0v) is 35.0. The zero-order valence-electron chi connectivity index (χ0n) is 33.4. The summed E-state index contributed by atoms with van der Waals surface area (Å²) in [5.74, 6) is 2.55.